The number of hydrogen-bond donors (Lipinski definition) is 2. The SMILES string of the molecule is CC(C)CCNC(N)=NCc1ccc(Cn2ccccc2=O)cc1.I. The van der Waals surface area contributed by atoms with Gasteiger partial charge in [-0.2, -0.15) is 0 Å². The zero-order valence-electron chi connectivity index (χ0n) is 14.8. The lowest BCUT2D eigenvalue weighted by Crippen LogP contribution is -2.32. The van der Waals surface area contributed by atoms with Crippen molar-refractivity contribution < 1.29 is 0 Å². The van der Waals surface area contributed by atoms with Gasteiger partial charge in [-0.05, 0) is 29.5 Å². The largest absolute Gasteiger partial charge is 0.370 e. The van der Waals surface area contributed by atoms with E-state index in [1.807, 2.05) is 30.3 Å². The van der Waals surface area contributed by atoms with Crippen molar-refractivity contribution in [2.75, 3.05) is 6.54 Å². The van der Waals surface area contributed by atoms with E-state index in [0.717, 1.165) is 24.1 Å². The highest BCUT2D eigenvalue weighted by atomic mass is 127. The standard InChI is InChI=1S/C19H26N4O.HI/c1-15(2)10-11-21-19(20)22-13-16-6-8-17(9-7-16)14-23-12-4-3-5-18(23)24;/h3-9,12,15H,10-11,13-14H2,1-2H3,(H3,20,21,22);1H. The first-order chi connectivity index (χ1) is 11.5. The van der Waals surface area contributed by atoms with Crippen LogP contribution in [0.3, 0.4) is 0 Å². The Balaban J connectivity index is 0.00000312. The van der Waals surface area contributed by atoms with Gasteiger partial charge in [0.15, 0.2) is 5.96 Å². The summed E-state index contributed by atoms with van der Waals surface area (Å²) in [4.78, 5) is 16.1. The summed E-state index contributed by atoms with van der Waals surface area (Å²) in [6.07, 6.45) is 2.87. The van der Waals surface area contributed by atoms with Crippen LogP contribution < -0.4 is 16.6 Å². The number of hydrogen-bond acceptors (Lipinski definition) is 2. The summed E-state index contributed by atoms with van der Waals surface area (Å²) in [5.74, 6) is 1.13. The lowest BCUT2D eigenvalue weighted by Gasteiger charge is -2.08. The first-order valence-electron chi connectivity index (χ1n) is 8.31. The van der Waals surface area contributed by atoms with Crippen LogP contribution in [-0.4, -0.2) is 17.1 Å². The summed E-state index contributed by atoms with van der Waals surface area (Å²) in [6, 6.07) is 13.3. The van der Waals surface area contributed by atoms with Gasteiger partial charge < -0.3 is 15.6 Å². The molecule has 0 aliphatic carbocycles. The van der Waals surface area contributed by atoms with E-state index in [-0.39, 0.29) is 29.5 Å². The molecule has 136 valence electrons. The Labute approximate surface area is 166 Å². The van der Waals surface area contributed by atoms with Crippen LogP contribution in [0.5, 0.6) is 0 Å². The van der Waals surface area contributed by atoms with Gasteiger partial charge >= 0.3 is 0 Å². The highest BCUT2D eigenvalue weighted by Crippen LogP contribution is 2.07. The quantitative estimate of drug-likeness (QED) is 0.384. The van der Waals surface area contributed by atoms with Crippen molar-refractivity contribution in [3.8, 4) is 0 Å². The molecule has 0 amide bonds. The topological polar surface area (TPSA) is 72.4 Å². The van der Waals surface area contributed by atoms with Crippen molar-refractivity contribution in [3.63, 3.8) is 0 Å². The van der Waals surface area contributed by atoms with Crippen LogP contribution in [0, 0.1) is 5.92 Å². The molecule has 2 rings (SSSR count). The summed E-state index contributed by atoms with van der Waals surface area (Å²) in [5.41, 5.74) is 8.04. The van der Waals surface area contributed by atoms with E-state index >= 15 is 0 Å². The molecule has 1 aromatic heterocycles. The van der Waals surface area contributed by atoms with Crippen LogP contribution in [0.2, 0.25) is 0 Å². The number of nitrogens with two attached hydrogens (primary N) is 1. The average molecular weight is 454 g/mol. The summed E-state index contributed by atoms with van der Waals surface area (Å²) in [7, 11) is 0. The molecule has 0 spiro atoms. The summed E-state index contributed by atoms with van der Waals surface area (Å²) < 4.78 is 1.68. The Morgan fingerprint density at radius 1 is 1.16 bits per heavy atom. The highest BCUT2D eigenvalue weighted by molar-refractivity contribution is 14.0. The average Bonchev–Trinajstić information content (AvgIpc) is 2.56. The van der Waals surface area contributed by atoms with Gasteiger partial charge in [-0.15, -0.1) is 24.0 Å². The monoisotopic (exact) mass is 454 g/mol. The van der Waals surface area contributed by atoms with E-state index in [4.69, 9.17) is 5.73 Å². The Morgan fingerprint density at radius 3 is 2.48 bits per heavy atom. The molecule has 1 heterocycles. The van der Waals surface area contributed by atoms with E-state index in [9.17, 15) is 4.79 Å². The Hall–Kier alpha value is -1.83. The number of pyridine rings is 1. The molecule has 5 nitrogen and oxygen atoms in total. The molecule has 0 saturated carbocycles. The predicted molar refractivity (Wildman–Crippen MR) is 114 cm³/mol. The number of benzene rings is 1. The predicted octanol–water partition coefficient (Wildman–Crippen LogP) is 2.97. The number of nitrogens with zero attached hydrogens (tertiary/aromatic N) is 2. The maximum Gasteiger partial charge on any atom is 0.250 e. The van der Waals surface area contributed by atoms with E-state index in [0.29, 0.717) is 25.0 Å². The fraction of sp³-hybridized carbons (Fsp3) is 0.368. The molecule has 0 aliphatic rings. The number of guanidine groups is 1. The fourth-order valence-electron chi connectivity index (χ4n) is 2.26. The van der Waals surface area contributed by atoms with Gasteiger partial charge in [-0.25, -0.2) is 4.99 Å². The molecule has 0 aliphatic heterocycles. The third-order valence-corrected chi connectivity index (χ3v) is 3.73. The lowest BCUT2D eigenvalue weighted by molar-refractivity contribution is 0.576. The summed E-state index contributed by atoms with van der Waals surface area (Å²) >= 11 is 0. The van der Waals surface area contributed by atoms with Crippen molar-refractivity contribution >= 4 is 29.9 Å². The molecular formula is C19H27IN4O. The molecule has 0 unspecified atom stereocenters. The fourth-order valence-corrected chi connectivity index (χ4v) is 2.26. The Bertz CT molecular complexity index is 723. The molecular weight excluding hydrogens is 427 g/mol. The minimum absolute atomic E-state index is 0. The second kappa shape index (κ2) is 10.9. The van der Waals surface area contributed by atoms with Crippen molar-refractivity contribution in [2.45, 2.75) is 33.4 Å². The zero-order chi connectivity index (χ0) is 17.4. The Morgan fingerprint density at radius 2 is 1.84 bits per heavy atom. The van der Waals surface area contributed by atoms with E-state index in [1.165, 1.54) is 0 Å². The summed E-state index contributed by atoms with van der Waals surface area (Å²) in [6.45, 7) is 6.33. The van der Waals surface area contributed by atoms with Crippen molar-refractivity contribution in [1.29, 1.82) is 0 Å². The van der Waals surface area contributed by atoms with Gasteiger partial charge in [0.05, 0.1) is 13.1 Å². The first-order valence-corrected chi connectivity index (χ1v) is 8.31. The second-order valence-electron chi connectivity index (χ2n) is 6.29. The molecule has 0 radical (unpaired) electrons. The van der Waals surface area contributed by atoms with Gasteiger partial charge in [-0.1, -0.05) is 44.2 Å². The Kier molecular flexibility index (Phi) is 9.26. The first kappa shape index (κ1) is 21.2. The maximum absolute atomic E-state index is 11.7. The number of rotatable bonds is 7. The van der Waals surface area contributed by atoms with E-state index < -0.39 is 0 Å². The molecule has 0 saturated heterocycles. The minimum atomic E-state index is 0. The third-order valence-electron chi connectivity index (χ3n) is 3.73. The summed E-state index contributed by atoms with van der Waals surface area (Å²) in [5, 5.41) is 3.12. The number of nitrogens with one attached hydrogen (secondary N) is 1. The van der Waals surface area contributed by atoms with Crippen LogP contribution in [-0.2, 0) is 13.1 Å². The molecule has 0 atom stereocenters. The lowest BCUT2D eigenvalue weighted by atomic mass is 10.1. The molecule has 3 N–H and O–H groups in total. The molecule has 2 aromatic rings. The zero-order valence-corrected chi connectivity index (χ0v) is 17.1. The van der Waals surface area contributed by atoms with Crippen molar-refractivity contribution in [1.82, 2.24) is 9.88 Å². The number of halogens is 1. The van der Waals surface area contributed by atoms with Gasteiger partial charge in [-0.3, -0.25) is 4.79 Å². The maximum atomic E-state index is 11.7. The van der Waals surface area contributed by atoms with Gasteiger partial charge in [0.1, 0.15) is 0 Å². The molecule has 1 aromatic carbocycles. The molecule has 0 bridgehead atoms. The van der Waals surface area contributed by atoms with Crippen LogP contribution in [0.25, 0.3) is 0 Å². The highest BCUT2D eigenvalue weighted by Gasteiger charge is 1.99. The third kappa shape index (κ3) is 7.72. The van der Waals surface area contributed by atoms with E-state index in [1.54, 1.807) is 22.9 Å². The van der Waals surface area contributed by atoms with Gasteiger partial charge in [0.2, 0.25) is 0 Å². The van der Waals surface area contributed by atoms with E-state index in [2.05, 4.69) is 24.2 Å². The second-order valence-corrected chi connectivity index (χ2v) is 6.29. The number of aliphatic imine (C=N–C) groups is 1. The van der Waals surface area contributed by atoms with Gasteiger partial charge in [0.25, 0.3) is 5.56 Å². The van der Waals surface area contributed by atoms with Crippen LogP contribution in [0.1, 0.15) is 31.4 Å². The minimum Gasteiger partial charge on any atom is -0.370 e. The van der Waals surface area contributed by atoms with Crippen molar-refractivity contribution in [2.24, 2.45) is 16.6 Å². The van der Waals surface area contributed by atoms with Crippen LogP contribution in [0.4, 0.5) is 0 Å². The van der Waals surface area contributed by atoms with Gasteiger partial charge in [0, 0.05) is 18.8 Å². The molecule has 6 heteroatoms. The normalized spacial score (nSPS) is 11.2. The molecule has 0 fully saturated rings. The van der Waals surface area contributed by atoms with Crippen LogP contribution >= 0.6 is 24.0 Å². The molecule has 25 heavy (non-hydrogen) atoms. The number of aromatic nitrogens is 1. The smallest absolute Gasteiger partial charge is 0.250 e. The van der Waals surface area contributed by atoms with Crippen molar-refractivity contribution in [3.05, 3.63) is 70.1 Å². The van der Waals surface area contributed by atoms with Crippen LogP contribution in [0.15, 0.2) is 58.4 Å².